The van der Waals surface area contributed by atoms with Gasteiger partial charge in [-0.3, -0.25) is 4.57 Å². The fourth-order valence-corrected chi connectivity index (χ4v) is 3.81. The summed E-state index contributed by atoms with van der Waals surface area (Å²) in [5.41, 5.74) is 2.62. The molecular formula is C19H16FN5OS. The van der Waals surface area contributed by atoms with Crippen LogP contribution in [0.2, 0.25) is 0 Å². The first-order valence-corrected chi connectivity index (χ1v) is 9.04. The molecule has 0 aliphatic heterocycles. The Bertz CT molecular complexity index is 1140. The normalized spacial score (nSPS) is 11.1. The number of fused-ring (bicyclic) bond motifs is 1. The van der Waals surface area contributed by atoms with E-state index in [1.54, 1.807) is 6.07 Å². The molecule has 0 bridgehead atoms. The van der Waals surface area contributed by atoms with Gasteiger partial charge in [0.15, 0.2) is 11.6 Å². The van der Waals surface area contributed by atoms with Crippen LogP contribution in [0, 0.1) is 19.7 Å². The van der Waals surface area contributed by atoms with Gasteiger partial charge < -0.3 is 4.74 Å². The van der Waals surface area contributed by atoms with Crippen molar-refractivity contribution in [1.29, 1.82) is 0 Å². The Hall–Kier alpha value is -3.00. The summed E-state index contributed by atoms with van der Waals surface area (Å²) >= 11 is 1.35. The Kier molecular flexibility index (Phi) is 4.49. The van der Waals surface area contributed by atoms with E-state index < -0.39 is 5.82 Å². The molecule has 0 N–H and O–H groups in total. The molecule has 2 heterocycles. The number of halogens is 1. The van der Waals surface area contributed by atoms with E-state index in [0.717, 1.165) is 17.1 Å². The molecule has 0 unspecified atom stereocenters. The number of para-hydroxylation sites is 1. The minimum Gasteiger partial charge on any atom is -0.494 e. The van der Waals surface area contributed by atoms with Crippen LogP contribution in [0.15, 0.2) is 52.9 Å². The van der Waals surface area contributed by atoms with Gasteiger partial charge in [0, 0.05) is 11.5 Å². The minimum atomic E-state index is -0.460. The van der Waals surface area contributed by atoms with E-state index in [0.29, 0.717) is 21.1 Å². The fourth-order valence-electron chi connectivity index (χ4n) is 2.86. The number of hydrogen-bond donors (Lipinski definition) is 0. The van der Waals surface area contributed by atoms with Crippen LogP contribution >= 0.6 is 11.8 Å². The molecule has 4 aromatic rings. The van der Waals surface area contributed by atoms with Crippen molar-refractivity contribution in [1.82, 2.24) is 24.7 Å². The van der Waals surface area contributed by atoms with Crippen LogP contribution < -0.4 is 4.74 Å². The van der Waals surface area contributed by atoms with E-state index in [-0.39, 0.29) is 5.75 Å². The Labute approximate surface area is 159 Å². The van der Waals surface area contributed by atoms with Gasteiger partial charge in [-0.05, 0) is 43.3 Å². The van der Waals surface area contributed by atoms with Crippen molar-refractivity contribution in [3.63, 3.8) is 0 Å². The van der Waals surface area contributed by atoms with E-state index >= 15 is 0 Å². The Balaban J connectivity index is 1.84. The number of nitrogens with zero attached hydrogens (tertiary/aromatic N) is 5. The first-order valence-electron chi connectivity index (χ1n) is 8.22. The molecule has 0 amide bonds. The maximum Gasteiger partial charge on any atom is 0.202 e. The predicted octanol–water partition coefficient (Wildman–Crippen LogP) is 4.13. The van der Waals surface area contributed by atoms with Gasteiger partial charge >= 0.3 is 0 Å². The van der Waals surface area contributed by atoms with Gasteiger partial charge in [0.05, 0.1) is 18.3 Å². The van der Waals surface area contributed by atoms with Gasteiger partial charge in [0.2, 0.25) is 5.16 Å². The second kappa shape index (κ2) is 6.96. The van der Waals surface area contributed by atoms with Crippen LogP contribution in [0.25, 0.3) is 16.6 Å². The highest BCUT2D eigenvalue weighted by Crippen LogP contribution is 2.34. The Morgan fingerprint density at radius 3 is 2.67 bits per heavy atom. The van der Waals surface area contributed by atoms with Crippen molar-refractivity contribution in [3.8, 4) is 11.4 Å². The SMILES string of the molecule is COc1cc2c(Sc3nnc(C)n3-c3ccccc3C)ncnc2cc1F. The molecule has 4 rings (SSSR count). The zero-order valence-corrected chi connectivity index (χ0v) is 15.8. The summed E-state index contributed by atoms with van der Waals surface area (Å²) in [4.78, 5) is 8.52. The summed E-state index contributed by atoms with van der Waals surface area (Å²) in [7, 11) is 1.43. The fraction of sp³-hybridized carbons (Fsp3) is 0.158. The molecule has 6 nitrogen and oxygen atoms in total. The molecule has 0 aliphatic carbocycles. The molecule has 2 aromatic heterocycles. The molecule has 8 heteroatoms. The summed E-state index contributed by atoms with van der Waals surface area (Å²) in [5.74, 6) is 0.461. The van der Waals surface area contributed by atoms with Crippen molar-refractivity contribution in [2.24, 2.45) is 0 Å². The van der Waals surface area contributed by atoms with E-state index in [1.807, 2.05) is 42.7 Å². The number of aryl methyl sites for hydroxylation is 2. The average molecular weight is 381 g/mol. The van der Waals surface area contributed by atoms with Crippen LogP contribution in [0.4, 0.5) is 4.39 Å². The second-order valence-electron chi connectivity index (χ2n) is 5.94. The Morgan fingerprint density at radius 1 is 1.07 bits per heavy atom. The van der Waals surface area contributed by atoms with Gasteiger partial charge in [0.25, 0.3) is 0 Å². The van der Waals surface area contributed by atoms with Crippen LogP contribution in [-0.4, -0.2) is 31.8 Å². The highest BCUT2D eigenvalue weighted by molar-refractivity contribution is 7.99. The number of aromatic nitrogens is 5. The number of benzene rings is 2. The van der Waals surface area contributed by atoms with Gasteiger partial charge in [-0.1, -0.05) is 18.2 Å². The monoisotopic (exact) mass is 381 g/mol. The lowest BCUT2D eigenvalue weighted by Gasteiger charge is -2.11. The molecular weight excluding hydrogens is 365 g/mol. The topological polar surface area (TPSA) is 65.7 Å². The third-order valence-electron chi connectivity index (χ3n) is 4.21. The van der Waals surface area contributed by atoms with E-state index in [9.17, 15) is 4.39 Å². The van der Waals surface area contributed by atoms with Gasteiger partial charge in [-0.25, -0.2) is 14.4 Å². The molecule has 0 saturated heterocycles. The molecule has 27 heavy (non-hydrogen) atoms. The third-order valence-corrected chi connectivity index (χ3v) is 5.18. The first-order chi connectivity index (χ1) is 13.1. The van der Waals surface area contributed by atoms with E-state index in [2.05, 4.69) is 20.2 Å². The smallest absolute Gasteiger partial charge is 0.202 e. The summed E-state index contributed by atoms with van der Waals surface area (Å²) in [5, 5.41) is 10.5. The summed E-state index contributed by atoms with van der Waals surface area (Å²) in [6.07, 6.45) is 1.41. The molecule has 0 radical (unpaired) electrons. The molecule has 2 aromatic carbocycles. The van der Waals surface area contributed by atoms with Crippen molar-refractivity contribution in [2.45, 2.75) is 24.0 Å². The van der Waals surface area contributed by atoms with Crippen LogP contribution in [0.1, 0.15) is 11.4 Å². The maximum absolute atomic E-state index is 14.0. The third kappa shape index (κ3) is 3.12. The summed E-state index contributed by atoms with van der Waals surface area (Å²) in [6.45, 7) is 3.94. The lowest BCUT2D eigenvalue weighted by atomic mass is 10.2. The van der Waals surface area contributed by atoms with Crippen LogP contribution in [-0.2, 0) is 0 Å². The molecule has 0 spiro atoms. The molecule has 0 fully saturated rings. The number of methoxy groups -OCH3 is 1. The summed E-state index contributed by atoms with van der Waals surface area (Å²) in [6, 6.07) is 11.0. The lowest BCUT2D eigenvalue weighted by molar-refractivity contribution is 0.387. The van der Waals surface area contributed by atoms with Gasteiger partial charge in [0.1, 0.15) is 17.2 Å². The van der Waals surface area contributed by atoms with Gasteiger partial charge in [-0.2, -0.15) is 0 Å². The minimum absolute atomic E-state index is 0.149. The highest BCUT2D eigenvalue weighted by Gasteiger charge is 2.17. The number of rotatable bonds is 4. The zero-order valence-electron chi connectivity index (χ0n) is 15.0. The van der Waals surface area contributed by atoms with E-state index in [4.69, 9.17) is 4.74 Å². The van der Waals surface area contributed by atoms with Crippen molar-refractivity contribution in [3.05, 3.63) is 59.9 Å². The van der Waals surface area contributed by atoms with Crippen LogP contribution in [0.3, 0.4) is 0 Å². The zero-order chi connectivity index (χ0) is 19.0. The van der Waals surface area contributed by atoms with Crippen LogP contribution in [0.5, 0.6) is 5.75 Å². The standard InChI is InChI=1S/C19H16FN5OS/c1-11-6-4-5-7-16(11)25-12(2)23-24-19(25)27-18-13-8-17(26-3)14(20)9-15(13)21-10-22-18/h4-10H,1-3H3. The molecule has 0 aliphatic rings. The molecule has 0 saturated carbocycles. The van der Waals surface area contributed by atoms with Crippen molar-refractivity contribution in [2.75, 3.05) is 7.11 Å². The second-order valence-corrected chi connectivity index (χ2v) is 6.89. The number of hydrogen-bond acceptors (Lipinski definition) is 6. The number of ether oxygens (including phenoxy) is 1. The van der Waals surface area contributed by atoms with Crippen molar-refractivity contribution < 1.29 is 9.13 Å². The van der Waals surface area contributed by atoms with E-state index in [1.165, 1.54) is 31.3 Å². The average Bonchev–Trinajstić information content (AvgIpc) is 3.02. The Morgan fingerprint density at radius 2 is 1.89 bits per heavy atom. The molecule has 0 atom stereocenters. The maximum atomic E-state index is 14.0. The highest BCUT2D eigenvalue weighted by atomic mass is 32.2. The lowest BCUT2D eigenvalue weighted by Crippen LogP contribution is -2.01. The predicted molar refractivity (Wildman–Crippen MR) is 101 cm³/mol. The van der Waals surface area contributed by atoms with Gasteiger partial charge in [-0.15, -0.1) is 10.2 Å². The largest absolute Gasteiger partial charge is 0.494 e. The summed E-state index contributed by atoms with van der Waals surface area (Å²) < 4.78 is 21.1. The molecule has 136 valence electrons. The van der Waals surface area contributed by atoms with Crippen molar-refractivity contribution >= 4 is 22.7 Å². The quantitative estimate of drug-likeness (QED) is 0.495. The first kappa shape index (κ1) is 17.4.